The third-order valence-corrected chi connectivity index (χ3v) is 53.3. The summed E-state index contributed by atoms with van der Waals surface area (Å²) < 4.78 is 3.75. The summed E-state index contributed by atoms with van der Waals surface area (Å²) in [5.74, 6) is -2.11. The zero-order valence-electron chi connectivity index (χ0n) is 24.7. The van der Waals surface area contributed by atoms with E-state index < -0.39 is 23.9 Å². The van der Waals surface area contributed by atoms with E-state index in [9.17, 15) is 0 Å². The van der Waals surface area contributed by atoms with Crippen LogP contribution in [-0.4, -0.2) is 5.92 Å². The number of rotatable bonds is 7. The molecule has 2 heteroatoms. The molecule has 0 bridgehead atoms. The third kappa shape index (κ3) is 3.84. The van der Waals surface area contributed by atoms with Crippen LogP contribution in [0, 0.1) is 0 Å². The van der Waals surface area contributed by atoms with E-state index in [-0.39, 0.29) is 7.25 Å². The molecule has 0 aliphatic heterocycles. The van der Waals surface area contributed by atoms with Gasteiger partial charge >= 0.3 is 264 Å². The van der Waals surface area contributed by atoms with Crippen molar-refractivity contribution in [3.05, 3.63) is 204 Å². The molecule has 2 atom stereocenters. The maximum atomic E-state index is 2.64. The summed E-state index contributed by atoms with van der Waals surface area (Å²) in [6.45, 7) is 0. The van der Waals surface area contributed by atoms with E-state index in [2.05, 4.69) is 194 Å². The first-order valence-corrected chi connectivity index (χ1v) is 27.0. The van der Waals surface area contributed by atoms with Crippen molar-refractivity contribution in [2.75, 3.05) is 0 Å². The first-order valence-electron chi connectivity index (χ1n) is 15.7. The van der Waals surface area contributed by atoms with Gasteiger partial charge in [0.15, 0.2) is 0 Å². The van der Waals surface area contributed by atoms with Gasteiger partial charge in [-0.05, 0) is 0 Å². The Hall–Kier alpha value is -4.10. The zero-order chi connectivity index (χ0) is 29.4. The van der Waals surface area contributed by atoms with Crippen molar-refractivity contribution in [2.45, 2.75) is 7.25 Å². The number of hydrogen-bond donors (Lipinski definition) is 0. The summed E-state index contributed by atoms with van der Waals surface area (Å²) >= 11 is -4.94. The van der Waals surface area contributed by atoms with Crippen LogP contribution in [0.3, 0.4) is 0 Å². The van der Waals surface area contributed by atoms with Crippen LogP contribution in [-0.2, 0) is 17.9 Å². The Bertz CT molecular complexity index is 1840. The Balaban J connectivity index is 1.67. The fraction of sp³-hybridized carbons (Fsp3) is 0.0476. The molecule has 2 unspecified atom stereocenters. The third-order valence-electron chi connectivity index (χ3n) is 10.7. The first-order chi connectivity index (χ1) is 21.8. The quantitative estimate of drug-likeness (QED) is 0.157. The second-order valence-electron chi connectivity index (χ2n) is 12.4. The van der Waals surface area contributed by atoms with Crippen molar-refractivity contribution in [1.82, 2.24) is 0 Å². The van der Waals surface area contributed by atoms with Gasteiger partial charge in [-0.2, -0.15) is 0 Å². The molecule has 0 amide bonds. The van der Waals surface area contributed by atoms with Crippen LogP contribution in [0.4, 0.5) is 0 Å². The fourth-order valence-corrected chi connectivity index (χ4v) is 60.0. The van der Waals surface area contributed by atoms with E-state index in [1.54, 1.807) is 6.54 Å². The van der Waals surface area contributed by atoms with Crippen molar-refractivity contribution in [3.8, 4) is 0 Å². The predicted molar refractivity (Wildman–Crippen MR) is 188 cm³/mol. The van der Waals surface area contributed by atoms with E-state index in [0.717, 1.165) is 0 Å². The fourth-order valence-electron chi connectivity index (χ4n) is 9.18. The van der Waals surface area contributed by atoms with Gasteiger partial charge in [-0.25, -0.2) is 0 Å². The van der Waals surface area contributed by atoms with Crippen molar-refractivity contribution < 1.29 is 17.9 Å². The molecule has 0 saturated heterocycles. The van der Waals surface area contributed by atoms with Crippen LogP contribution in [0.5, 0.6) is 0 Å². The van der Waals surface area contributed by atoms with Gasteiger partial charge in [-0.3, -0.25) is 0 Å². The summed E-state index contributed by atoms with van der Waals surface area (Å²) in [6, 6.07) is 65.5. The molecule has 0 aromatic heterocycles. The standard InChI is InChI=1S/C12H11Si.2C9H7.2C6H5.Zr/c1-3-7-11(8-4-1)13-12-9-5-2-6-10-12;2*1-2-5-9-7-3-6-8(9)4-1;2*1-2-4-6-5-3-1;/h1-10,13H;2*1-7H;2*1-5H;. The normalized spacial score (nSPS) is 17.6. The number of benzene rings is 6. The van der Waals surface area contributed by atoms with Gasteiger partial charge in [0.05, 0.1) is 0 Å². The van der Waals surface area contributed by atoms with E-state index >= 15 is 0 Å². The van der Waals surface area contributed by atoms with Gasteiger partial charge in [-0.1, -0.05) is 0 Å². The van der Waals surface area contributed by atoms with Crippen molar-refractivity contribution in [3.63, 3.8) is 0 Å². The van der Waals surface area contributed by atoms with Crippen LogP contribution in [0.1, 0.15) is 29.5 Å². The number of hydrogen-bond acceptors (Lipinski definition) is 0. The Morgan fingerprint density at radius 3 is 1.11 bits per heavy atom. The second kappa shape index (κ2) is 11.1. The molecule has 44 heavy (non-hydrogen) atoms. The summed E-state index contributed by atoms with van der Waals surface area (Å²) in [5.41, 5.74) is 5.73. The molecule has 2 aliphatic rings. The molecule has 0 N–H and O–H groups in total. The molecular weight excluding hydrogens is 624 g/mol. The van der Waals surface area contributed by atoms with E-state index in [0.29, 0.717) is 0 Å². The average Bonchev–Trinajstić information content (AvgIpc) is 3.75. The summed E-state index contributed by atoms with van der Waals surface area (Å²) in [4.78, 5) is 0. The summed E-state index contributed by atoms with van der Waals surface area (Å²) in [6.07, 6.45) is 10.1. The van der Waals surface area contributed by atoms with Crippen molar-refractivity contribution in [1.29, 1.82) is 0 Å². The number of allylic oxidation sites excluding steroid dienone is 2. The molecule has 0 saturated carbocycles. The molecule has 0 radical (unpaired) electrons. The van der Waals surface area contributed by atoms with Crippen LogP contribution in [0.2, 0.25) is 0 Å². The van der Waals surface area contributed by atoms with Crippen LogP contribution >= 0.6 is 0 Å². The monoisotopic (exact) mass is 657 g/mol. The van der Waals surface area contributed by atoms with Crippen LogP contribution < -0.4 is 16.9 Å². The Morgan fingerprint density at radius 2 is 0.705 bits per heavy atom. The molecule has 8 rings (SSSR count). The van der Waals surface area contributed by atoms with Gasteiger partial charge in [0.25, 0.3) is 0 Å². The Kier molecular flexibility index (Phi) is 6.93. The van der Waals surface area contributed by atoms with E-state index in [1.807, 2.05) is 0 Å². The first kappa shape index (κ1) is 27.4. The molecule has 0 fully saturated rings. The molecule has 211 valence electrons. The van der Waals surface area contributed by atoms with Crippen LogP contribution in [0.15, 0.2) is 182 Å². The Morgan fingerprint density at radius 1 is 0.364 bits per heavy atom. The Labute approximate surface area is 262 Å². The average molecular weight is 659 g/mol. The van der Waals surface area contributed by atoms with Crippen molar-refractivity contribution in [2.24, 2.45) is 0 Å². The second-order valence-corrected chi connectivity index (χ2v) is 39.5. The zero-order valence-corrected chi connectivity index (χ0v) is 28.3. The molecule has 2 aliphatic carbocycles. The topological polar surface area (TPSA) is 0 Å². The molecular formula is C42H35SiZr. The van der Waals surface area contributed by atoms with Gasteiger partial charge in [0.2, 0.25) is 0 Å². The predicted octanol–water partition coefficient (Wildman–Crippen LogP) is 7.40. The molecule has 6 aromatic carbocycles. The van der Waals surface area contributed by atoms with Gasteiger partial charge < -0.3 is 0 Å². The molecule has 0 heterocycles. The SMILES string of the molecule is C1=C[CH]([Zr]([c]2ccccc2)([c]2ccccc2)([CH]2C=Cc3ccccc32)[SiH](c2ccccc2)c2ccccc2)c2ccccc21. The minimum atomic E-state index is -4.94. The van der Waals surface area contributed by atoms with Gasteiger partial charge in [0, 0.05) is 0 Å². The van der Waals surface area contributed by atoms with E-state index in [4.69, 9.17) is 0 Å². The molecule has 0 spiro atoms. The van der Waals surface area contributed by atoms with E-state index in [1.165, 1.54) is 32.6 Å². The summed E-state index contributed by atoms with van der Waals surface area (Å²) in [5, 5.41) is 3.07. The number of fused-ring (bicyclic) bond motifs is 2. The maximum absolute atomic E-state index is 4.94. The van der Waals surface area contributed by atoms with Gasteiger partial charge in [-0.15, -0.1) is 0 Å². The molecule has 6 aromatic rings. The van der Waals surface area contributed by atoms with Gasteiger partial charge in [0.1, 0.15) is 0 Å². The minimum absolute atomic E-state index is 0.287. The molecule has 0 nitrogen and oxygen atoms in total. The summed E-state index contributed by atoms with van der Waals surface area (Å²) in [7, 11) is 0. The van der Waals surface area contributed by atoms with Crippen molar-refractivity contribution >= 4 is 35.0 Å². The van der Waals surface area contributed by atoms with Crippen LogP contribution in [0.25, 0.3) is 12.2 Å².